The molecule has 1 aromatic rings. The van der Waals surface area contributed by atoms with Crippen molar-refractivity contribution in [2.75, 3.05) is 17.6 Å². The third kappa shape index (κ3) is 4.63. The molecule has 0 saturated heterocycles. The van der Waals surface area contributed by atoms with Gasteiger partial charge in [-0.3, -0.25) is 10.1 Å². The number of benzene rings is 1. The fourth-order valence-electron chi connectivity index (χ4n) is 1.31. The number of hydrogen-bond donors (Lipinski definition) is 2. The minimum absolute atomic E-state index is 0.00872. The smallest absolute Gasteiger partial charge is 0.292 e. The molecule has 0 spiro atoms. The Bertz CT molecular complexity index is 547. The molecule has 0 fully saturated rings. The van der Waals surface area contributed by atoms with Crippen molar-refractivity contribution >= 4 is 21.4 Å². The molecule has 100 valence electrons. The van der Waals surface area contributed by atoms with E-state index >= 15 is 0 Å². The summed E-state index contributed by atoms with van der Waals surface area (Å²) in [5.74, 6) is -0.863. The molecule has 18 heavy (non-hydrogen) atoms. The first-order chi connectivity index (χ1) is 8.29. The van der Waals surface area contributed by atoms with Crippen LogP contribution in [0.1, 0.15) is 6.42 Å². The van der Waals surface area contributed by atoms with Gasteiger partial charge in [-0.2, -0.15) is 0 Å². The Hall–Kier alpha value is -1.74. The zero-order chi connectivity index (χ0) is 13.8. The van der Waals surface area contributed by atoms with Gasteiger partial charge in [0.2, 0.25) is 10.0 Å². The van der Waals surface area contributed by atoms with Gasteiger partial charge in [-0.15, -0.1) is 0 Å². The lowest BCUT2D eigenvalue weighted by atomic mass is 10.2. The van der Waals surface area contributed by atoms with Crippen LogP contribution in [0.15, 0.2) is 18.2 Å². The lowest BCUT2D eigenvalue weighted by Crippen LogP contribution is -2.18. The molecule has 0 amide bonds. The minimum Gasteiger partial charge on any atom is -0.379 e. The number of anilines is 1. The second-order valence-corrected chi connectivity index (χ2v) is 5.30. The molecular formula is C9H12FN3O4S. The van der Waals surface area contributed by atoms with Crippen LogP contribution in [0.4, 0.5) is 15.8 Å². The molecule has 1 rings (SSSR count). The molecule has 9 heteroatoms. The third-order valence-corrected chi connectivity index (χ3v) is 2.93. The van der Waals surface area contributed by atoms with E-state index in [-0.39, 0.29) is 30.1 Å². The van der Waals surface area contributed by atoms with Crippen LogP contribution in [-0.4, -0.2) is 25.6 Å². The van der Waals surface area contributed by atoms with Crippen molar-refractivity contribution < 1.29 is 17.7 Å². The van der Waals surface area contributed by atoms with Gasteiger partial charge in [0.05, 0.1) is 10.7 Å². The molecule has 0 aliphatic rings. The van der Waals surface area contributed by atoms with Crippen molar-refractivity contribution in [3.8, 4) is 0 Å². The summed E-state index contributed by atoms with van der Waals surface area (Å²) in [6.45, 7) is 0.140. The molecule has 7 nitrogen and oxygen atoms in total. The van der Waals surface area contributed by atoms with Crippen molar-refractivity contribution in [3.05, 3.63) is 34.1 Å². The predicted molar refractivity (Wildman–Crippen MR) is 64.1 cm³/mol. The van der Waals surface area contributed by atoms with E-state index in [1.807, 2.05) is 0 Å². The number of hydrogen-bond acceptors (Lipinski definition) is 5. The Morgan fingerprint density at radius 1 is 1.44 bits per heavy atom. The fraction of sp³-hybridized carbons (Fsp3) is 0.333. The van der Waals surface area contributed by atoms with Crippen LogP contribution in [0, 0.1) is 15.9 Å². The van der Waals surface area contributed by atoms with E-state index in [4.69, 9.17) is 5.14 Å². The summed E-state index contributed by atoms with van der Waals surface area (Å²) >= 11 is 0. The second kappa shape index (κ2) is 5.74. The number of nitro groups is 1. The molecule has 0 heterocycles. The van der Waals surface area contributed by atoms with Crippen LogP contribution in [0.25, 0.3) is 0 Å². The molecule has 1 aromatic carbocycles. The third-order valence-electron chi connectivity index (χ3n) is 2.08. The molecule has 0 aliphatic carbocycles. The van der Waals surface area contributed by atoms with Gasteiger partial charge in [-0.05, 0) is 12.5 Å². The van der Waals surface area contributed by atoms with E-state index in [1.165, 1.54) is 0 Å². The van der Waals surface area contributed by atoms with E-state index in [9.17, 15) is 22.9 Å². The summed E-state index contributed by atoms with van der Waals surface area (Å²) in [4.78, 5) is 10.0. The van der Waals surface area contributed by atoms with Crippen LogP contribution in [0.2, 0.25) is 0 Å². The molecule has 0 unspecified atom stereocenters. The quantitative estimate of drug-likeness (QED) is 0.454. The maximum Gasteiger partial charge on any atom is 0.292 e. The zero-order valence-corrected chi connectivity index (χ0v) is 10.1. The normalized spacial score (nSPS) is 11.2. The van der Waals surface area contributed by atoms with Crippen molar-refractivity contribution in [3.63, 3.8) is 0 Å². The highest BCUT2D eigenvalue weighted by Crippen LogP contribution is 2.24. The molecule has 0 atom stereocenters. The Balaban J connectivity index is 2.66. The summed E-state index contributed by atoms with van der Waals surface area (Å²) < 4.78 is 34.2. The first kappa shape index (κ1) is 14.3. The monoisotopic (exact) mass is 277 g/mol. The van der Waals surface area contributed by atoms with Gasteiger partial charge in [-0.25, -0.2) is 17.9 Å². The van der Waals surface area contributed by atoms with Gasteiger partial charge in [-0.1, -0.05) is 0 Å². The van der Waals surface area contributed by atoms with Crippen molar-refractivity contribution in [2.24, 2.45) is 5.14 Å². The number of nitrogens with one attached hydrogen (secondary N) is 1. The maximum atomic E-state index is 12.9. The number of primary sulfonamides is 1. The lowest BCUT2D eigenvalue weighted by Gasteiger charge is -2.06. The van der Waals surface area contributed by atoms with E-state index in [1.54, 1.807) is 0 Å². The Morgan fingerprint density at radius 2 is 2.11 bits per heavy atom. The van der Waals surface area contributed by atoms with E-state index in [0.717, 1.165) is 18.2 Å². The highest BCUT2D eigenvalue weighted by Gasteiger charge is 2.14. The number of sulfonamides is 1. The Kier molecular flexibility index (Phi) is 4.56. The highest BCUT2D eigenvalue weighted by atomic mass is 32.2. The number of halogens is 1. The highest BCUT2D eigenvalue weighted by molar-refractivity contribution is 7.89. The van der Waals surface area contributed by atoms with E-state index in [2.05, 4.69) is 5.32 Å². The minimum atomic E-state index is -3.56. The van der Waals surface area contributed by atoms with Gasteiger partial charge in [0.15, 0.2) is 0 Å². The zero-order valence-electron chi connectivity index (χ0n) is 9.30. The van der Waals surface area contributed by atoms with Crippen LogP contribution in [0.3, 0.4) is 0 Å². The standard InChI is InChI=1S/C9H12FN3O4S/c10-7-2-3-9(13(14)15)8(6-7)12-4-1-5-18(11,16)17/h2-3,6,12H,1,4-5H2,(H2,11,16,17). The van der Waals surface area contributed by atoms with Gasteiger partial charge >= 0.3 is 0 Å². The van der Waals surface area contributed by atoms with Crippen molar-refractivity contribution in [1.82, 2.24) is 0 Å². The molecule has 3 N–H and O–H groups in total. The Morgan fingerprint density at radius 3 is 2.67 bits per heavy atom. The SMILES string of the molecule is NS(=O)(=O)CCCNc1cc(F)ccc1[N+](=O)[O-]. The first-order valence-corrected chi connectivity index (χ1v) is 6.69. The average Bonchev–Trinajstić information content (AvgIpc) is 2.22. The molecule has 0 aromatic heterocycles. The van der Waals surface area contributed by atoms with Crippen LogP contribution in [0.5, 0.6) is 0 Å². The molecule has 0 bridgehead atoms. The summed E-state index contributed by atoms with van der Waals surface area (Å²) in [6, 6.07) is 3.00. The molecular weight excluding hydrogens is 265 g/mol. The van der Waals surface area contributed by atoms with E-state index in [0.29, 0.717) is 0 Å². The molecule has 0 radical (unpaired) electrons. The number of rotatable bonds is 6. The summed E-state index contributed by atoms with van der Waals surface area (Å²) in [5.41, 5.74) is -0.263. The summed E-state index contributed by atoms with van der Waals surface area (Å²) in [7, 11) is -3.56. The molecule has 0 aliphatic heterocycles. The fourth-order valence-corrected chi connectivity index (χ4v) is 1.85. The van der Waals surface area contributed by atoms with Gasteiger partial charge in [0, 0.05) is 18.7 Å². The first-order valence-electron chi connectivity index (χ1n) is 4.98. The number of nitrogens with two attached hydrogens (primary N) is 1. The van der Waals surface area contributed by atoms with Crippen LogP contribution in [-0.2, 0) is 10.0 Å². The second-order valence-electron chi connectivity index (χ2n) is 3.57. The Labute approximate surface area is 103 Å². The van der Waals surface area contributed by atoms with Crippen molar-refractivity contribution in [1.29, 1.82) is 0 Å². The lowest BCUT2D eigenvalue weighted by molar-refractivity contribution is -0.384. The van der Waals surface area contributed by atoms with Gasteiger partial charge in [0.1, 0.15) is 11.5 Å². The van der Waals surface area contributed by atoms with Crippen LogP contribution >= 0.6 is 0 Å². The number of nitrogens with zero attached hydrogens (tertiary/aromatic N) is 1. The largest absolute Gasteiger partial charge is 0.379 e. The van der Waals surface area contributed by atoms with E-state index < -0.39 is 20.8 Å². The average molecular weight is 277 g/mol. The topological polar surface area (TPSA) is 115 Å². The summed E-state index contributed by atoms with van der Waals surface area (Å²) in [6.07, 6.45) is 0.173. The van der Waals surface area contributed by atoms with Gasteiger partial charge in [0.25, 0.3) is 5.69 Å². The predicted octanol–water partition coefficient (Wildman–Crippen LogP) is 0.824. The number of nitro benzene ring substituents is 1. The summed E-state index contributed by atoms with van der Waals surface area (Å²) in [5, 5.41) is 18.1. The van der Waals surface area contributed by atoms with Crippen molar-refractivity contribution in [2.45, 2.75) is 6.42 Å². The van der Waals surface area contributed by atoms with Crippen LogP contribution < -0.4 is 10.5 Å². The maximum absolute atomic E-state index is 12.9. The van der Waals surface area contributed by atoms with Gasteiger partial charge < -0.3 is 5.32 Å². The molecule has 0 saturated carbocycles.